The van der Waals surface area contributed by atoms with E-state index in [9.17, 15) is 0 Å². The lowest BCUT2D eigenvalue weighted by atomic mass is 10.1. The van der Waals surface area contributed by atoms with Gasteiger partial charge in [0, 0.05) is 5.69 Å². The molecule has 5 heteroatoms. The summed E-state index contributed by atoms with van der Waals surface area (Å²) < 4.78 is 1.41. The molecule has 2 rings (SSSR count). The van der Waals surface area contributed by atoms with Crippen molar-refractivity contribution in [2.45, 2.75) is 0 Å². The van der Waals surface area contributed by atoms with Crippen molar-refractivity contribution >= 4 is 65.8 Å². The third-order valence-corrected chi connectivity index (χ3v) is 6.05. The minimum Gasteiger partial charge on any atom is -0.340 e. The molecule has 0 atom stereocenters. The maximum absolute atomic E-state index is 5.40. The highest BCUT2D eigenvalue weighted by Crippen LogP contribution is 2.31. The summed E-state index contributed by atoms with van der Waals surface area (Å²) in [6, 6.07) is 19.8. The van der Waals surface area contributed by atoms with Crippen LogP contribution in [-0.2, 0) is 0 Å². The Morgan fingerprint density at radius 3 is 2.05 bits per heavy atom. The summed E-state index contributed by atoms with van der Waals surface area (Å²) in [6.07, 6.45) is 0. The number of benzene rings is 2. The third kappa shape index (κ3) is 5.28. The number of rotatable bonds is 3. The van der Waals surface area contributed by atoms with Gasteiger partial charge in [-0.3, -0.25) is 0 Å². The Hall–Kier alpha value is -1.14. The summed E-state index contributed by atoms with van der Waals surface area (Å²) in [5, 5.41) is 3.16. The van der Waals surface area contributed by atoms with E-state index >= 15 is 0 Å². The fraction of sp³-hybridized carbons (Fsp3) is 0. The Balaban J connectivity index is 1.84. The van der Waals surface area contributed by atoms with E-state index in [1.807, 2.05) is 60.7 Å². The molecule has 0 unspecified atom stereocenters. The van der Waals surface area contributed by atoms with Crippen LogP contribution in [0, 0.1) is 0 Å². The number of thiocarbonyl (C=S) groups is 2. The lowest BCUT2D eigenvalue weighted by Crippen LogP contribution is -2.03. The maximum atomic E-state index is 5.40. The Kier molecular flexibility index (Phi) is 6.45. The molecule has 0 aliphatic carbocycles. The maximum Gasteiger partial charge on any atom is 0.149 e. The lowest BCUT2D eigenvalue weighted by molar-refractivity contribution is 1.65. The number of nitrogens with one attached hydrogen (secondary N) is 1. The van der Waals surface area contributed by atoms with Crippen molar-refractivity contribution in [3.8, 4) is 0 Å². The molecule has 2 aromatic carbocycles. The molecule has 1 N–H and O–H groups in total. The van der Waals surface area contributed by atoms with Crippen molar-refractivity contribution < 1.29 is 0 Å². The predicted octanol–water partition coefficient (Wildman–Crippen LogP) is 5.81. The van der Waals surface area contributed by atoms with Crippen molar-refractivity contribution in [1.29, 1.82) is 0 Å². The second-order valence-corrected chi connectivity index (χ2v) is 7.56. The van der Waals surface area contributed by atoms with Crippen LogP contribution in [-0.4, -0.2) is 8.52 Å². The van der Waals surface area contributed by atoms with E-state index in [0.717, 1.165) is 21.0 Å². The molecule has 0 aromatic heterocycles. The molecule has 0 spiro atoms. The molecule has 0 aliphatic heterocycles. The van der Waals surface area contributed by atoms with Crippen LogP contribution in [0.1, 0.15) is 5.56 Å². The first kappa shape index (κ1) is 16.2. The van der Waals surface area contributed by atoms with Gasteiger partial charge in [0.2, 0.25) is 0 Å². The summed E-state index contributed by atoms with van der Waals surface area (Å²) in [5.74, 6) is 0. The fourth-order valence-electron chi connectivity index (χ4n) is 1.54. The highest BCUT2D eigenvalue weighted by molar-refractivity contribution is 8.90. The van der Waals surface area contributed by atoms with Gasteiger partial charge in [0.15, 0.2) is 0 Å². The molecule has 0 amide bonds. The molecular formula is C16H13NS4. The van der Waals surface area contributed by atoms with Gasteiger partial charge in [-0.15, -0.1) is 0 Å². The zero-order chi connectivity index (χ0) is 15.1. The average Bonchev–Trinajstić information content (AvgIpc) is 2.53. The molecule has 0 bridgehead atoms. The summed E-state index contributed by atoms with van der Waals surface area (Å²) in [7, 11) is 2.89. The van der Waals surface area contributed by atoms with Gasteiger partial charge in [0.1, 0.15) is 4.32 Å². The van der Waals surface area contributed by atoms with Crippen LogP contribution in [0.4, 0.5) is 5.69 Å². The van der Waals surface area contributed by atoms with Crippen LogP contribution in [0.15, 0.2) is 67.2 Å². The van der Waals surface area contributed by atoms with Crippen LogP contribution < -0.4 is 5.32 Å². The van der Waals surface area contributed by atoms with E-state index < -0.39 is 0 Å². The first-order valence-electron chi connectivity index (χ1n) is 6.16. The minimum atomic E-state index is 0.675. The van der Waals surface area contributed by atoms with Crippen molar-refractivity contribution in [1.82, 2.24) is 0 Å². The van der Waals surface area contributed by atoms with Gasteiger partial charge in [0.05, 0.1) is 4.20 Å². The van der Waals surface area contributed by atoms with Crippen LogP contribution in [0.3, 0.4) is 0 Å². The van der Waals surface area contributed by atoms with Crippen molar-refractivity contribution in [2.24, 2.45) is 0 Å². The molecule has 0 saturated carbocycles. The first-order chi connectivity index (χ1) is 10.2. The third-order valence-electron chi connectivity index (χ3n) is 2.58. The molecule has 1 nitrogen and oxygen atoms in total. The Labute approximate surface area is 143 Å². The molecule has 0 heterocycles. The quantitative estimate of drug-likeness (QED) is 0.426. The summed E-state index contributed by atoms with van der Waals surface area (Å²) in [6.45, 7) is 4.05. The van der Waals surface area contributed by atoms with Gasteiger partial charge in [-0.1, -0.05) is 79.5 Å². The zero-order valence-corrected chi connectivity index (χ0v) is 14.4. The standard InChI is InChI=1S/C16H13NS4/c1-12(13-8-4-2-5-9-13)15(18)20-21-16(19)17-14-10-6-3-7-11-14/h2-11H,1H2,(H,17,19). The van der Waals surface area contributed by atoms with Gasteiger partial charge in [0.25, 0.3) is 0 Å². The van der Waals surface area contributed by atoms with Gasteiger partial charge in [-0.05, 0) is 44.9 Å². The second-order valence-electron chi connectivity index (χ2n) is 4.08. The van der Waals surface area contributed by atoms with Crippen LogP contribution in [0.25, 0.3) is 5.57 Å². The fourth-order valence-corrected chi connectivity index (χ4v) is 3.80. The zero-order valence-electron chi connectivity index (χ0n) is 11.1. The number of anilines is 1. The predicted molar refractivity (Wildman–Crippen MR) is 106 cm³/mol. The lowest BCUT2D eigenvalue weighted by Gasteiger charge is -2.09. The molecule has 0 saturated heterocycles. The topological polar surface area (TPSA) is 12.0 Å². The smallest absolute Gasteiger partial charge is 0.149 e. The van der Waals surface area contributed by atoms with Crippen LogP contribution >= 0.6 is 46.0 Å². The normalized spacial score (nSPS) is 9.90. The van der Waals surface area contributed by atoms with Crippen molar-refractivity contribution in [2.75, 3.05) is 5.32 Å². The van der Waals surface area contributed by atoms with E-state index in [2.05, 4.69) is 11.9 Å². The van der Waals surface area contributed by atoms with E-state index in [0.29, 0.717) is 4.32 Å². The molecule has 0 aliphatic rings. The Morgan fingerprint density at radius 1 is 0.857 bits per heavy atom. The summed E-state index contributed by atoms with van der Waals surface area (Å²) >= 11 is 10.7. The highest BCUT2D eigenvalue weighted by Gasteiger charge is 2.08. The van der Waals surface area contributed by atoms with Crippen molar-refractivity contribution in [3.05, 3.63) is 72.8 Å². The highest BCUT2D eigenvalue weighted by atomic mass is 33.1. The molecule has 0 radical (unpaired) electrons. The number of para-hydroxylation sites is 1. The Bertz CT molecular complexity index is 638. The van der Waals surface area contributed by atoms with E-state index in [1.165, 1.54) is 21.6 Å². The van der Waals surface area contributed by atoms with Gasteiger partial charge in [-0.2, -0.15) is 0 Å². The van der Waals surface area contributed by atoms with E-state index in [1.54, 1.807) is 0 Å². The van der Waals surface area contributed by atoms with Gasteiger partial charge in [-0.25, -0.2) is 0 Å². The SMILES string of the molecule is C=C(C(=S)SSC(=S)Nc1ccccc1)c1ccccc1. The van der Waals surface area contributed by atoms with E-state index in [-0.39, 0.29) is 0 Å². The number of hydrogen-bond donors (Lipinski definition) is 1. The van der Waals surface area contributed by atoms with Crippen LogP contribution in [0.5, 0.6) is 0 Å². The molecular weight excluding hydrogens is 334 g/mol. The van der Waals surface area contributed by atoms with E-state index in [4.69, 9.17) is 24.4 Å². The first-order valence-corrected chi connectivity index (χ1v) is 9.12. The average molecular weight is 348 g/mol. The largest absolute Gasteiger partial charge is 0.340 e. The monoisotopic (exact) mass is 347 g/mol. The second kappa shape index (κ2) is 8.34. The molecule has 21 heavy (non-hydrogen) atoms. The Morgan fingerprint density at radius 2 is 1.43 bits per heavy atom. The van der Waals surface area contributed by atoms with Gasteiger partial charge < -0.3 is 5.32 Å². The summed E-state index contributed by atoms with van der Waals surface area (Å²) in [4.78, 5) is 0. The van der Waals surface area contributed by atoms with Gasteiger partial charge >= 0.3 is 0 Å². The van der Waals surface area contributed by atoms with Crippen molar-refractivity contribution in [3.63, 3.8) is 0 Å². The molecule has 0 fully saturated rings. The summed E-state index contributed by atoms with van der Waals surface area (Å²) in [5.41, 5.74) is 2.87. The minimum absolute atomic E-state index is 0.675. The molecule has 106 valence electrons. The van der Waals surface area contributed by atoms with Crippen LogP contribution in [0.2, 0.25) is 0 Å². The molecule has 2 aromatic rings. The number of hydrogen-bond acceptors (Lipinski definition) is 4.